The van der Waals surface area contributed by atoms with Gasteiger partial charge in [0.25, 0.3) is 0 Å². The van der Waals surface area contributed by atoms with Crippen LogP contribution >= 0.6 is 34.8 Å². The van der Waals surface area contributed by atoms with E-state index in [0.29, 0.717) is 15.1 Å². The van der Waals surface area contributed by atoms with Gasteiger partial charge >= 0.3 is 0 Å². The molecule has 3 aromatic carbocycles. The summed E-state index contributed by atoms with van der Waals surface area (Å²) in [6, 6.07) is 17.4. The predicted octanol–water partition coefficient (Wildman–Crippen LogP) is 6.75. The van der Waals surface area contributed by atoms with Crippen molar-refractivity contribution in [3.05, 3.63) is 69.7 Å². The normalized spacial score (nSPS) is 12.0. The molecule has 0 aliphatic rings. The minimum atomic E-state index is 0.677. The van der Waals surface area contributed by atoms with E-state index in [1.54, 1.807) is 0 Å². The monoisotopic (exact) mass is 370 g/mol. The molecule has 2 aromatic heterocycles. The molecule has 2 nitrogen and oxygen atoms in total. The molecule has 5 aromatic rings. The lowest BCUT2D eigenvalue weighted by Gasteiger charge is -2.09. The van der Waals surface area contributed by atoms with E-state index >= 15 is 0 Å². The first-order chi connectivity index (χ1) is 11.6. The Bertz CT molecular complexity index is 1290. The van der Waals surface area contributed by atoms with Crippen LogP contribution in [-0.4, -0.2) is 9.38 Å². The number of nitrogens with zero attached hydrogens (tertiary/aromatic N) is 2. The van der Waals surface area contributed by atoms with Crippen LogP contribution < -0.4 is 0 Å². The molecule has 0 spiro atoms. The van der Waals surface area contributed by atoms with Gasteiger partial charge in [-0.2, -0.15) is 0 Å². The number of rotatable bonds is 0. The van der Waals surface area contributed by atoms with E-state index in [2.05, 4.69) is 4.40 Å². The minimum absolute atomic E-state index is 0.677. The zero-order chi connectivity index (χ0) is 16.4. The smallest absolute Gasteiger partial charge is 0.146 e. The number of halogens is 3. The summed E-state index contributed by atoms with van der Waals surface area (Å²) in [5.41, 5.74) is 3.75. The van der Waals surface area contributed by atoms with Crippen molar-refractivity contribution < 1.29 is 0 Å². The number of aromatic nitrogens is 2. The Morgan fingerprint density at radius 1 is 0.625 bits per heavy atom. The molecule has 2 heterocycles. The van der Waals surface area contributed by atoms with Gasteiger partial charge in [0.2, 0.25) is 0 Å². The van der Waals surface area contributed by atoms with Gasteiger partial charge in [-0.3, -0.25) is 4.40 Å². The van der Waals surface area contributed by atoms with Crippen molar-refractivity contribution in [2.75, 3.05) is 0 Å². The maximum Gasteiger partial charge on any atom is 0.146 e. The van der Waals surface area contributed by atoms with Gasteiger partial charge in [-0.05, 0) is 53.9 Å². The third kappa shape index (κ3) is 1.94. The highest BCUT2D eigenvalue weighted by Crippen LogP contribution is 2.35. The molecule has 0 radical (unpaired) electrons. The Balaban J connectivity index is 2.19. The quantitative estimate of drug-likeness (QED) is 0.275. The SMILES string of the molecule is Clc1ccc2c(c1)c1ccc(Cl)cc1c1nc3ccc(Cl)cc3n21. The number of hydrogen-bond acceptors (Lipinski definition) is 1. The van der Waals surface area contributed by atoms with Crippen LogP contribution in [0, 0.1) is 0 Å². The lowest BCUT2D eigenvalue weighted by Crippen LogP contribution is -1.91. The van der Waals surface area contributed by atoms with Crippen molar-refractivity contribution in [3.63, 3.8) is 0 Å². The molecule has 0 saturated carbocycles. The lowest BCUT2D eigenvalue weighted by molar-refractivity contribution is 1.31. The zero-order valence-electron chi connectivity index (χ0n) is 12.2. The third-order valence-electron chi connectivity index (χ3n) is 4.33. The standard InChI is InChI=1S/C19H9Cl3N2/c20-10-1-4-13-14-7-11(21)3-6-17(14)24-18-9-12(22)2-5-16(18)23-19(24)15(13)8-10/h1-9H. The average Bonchev–Trinajstić information content (AvgIpc) is 2.94. The Labute approximate surface area is 152 Å². The number of fused-ring (bicyclic) bond motifs is 8. The van der Waals surface area contributed by atoms with Gasteiger partial charge in [0, 0.05) is 25.8 Å². The molecule has 24 heavy (non-hydrogen) atoms. The molecule has 0 bridgehead atoms. The Kier molecular flexibility index (Phi) is 2.99. The van der Waals surface area contributed by atoms with Gasteiger partial charge < -0.3 is 0 Å². The maximum atomic E-state index is 6.25. The maximum absolute atomic E-state index is 6.25. The van der Waals surface area contributed by atoms with Crippen molar-refractivity contribution in [1.82, 2.24) is 9.38 Å². The summed E-state index contributed by atoms with van der Waals surface area (Å²) in [7, 11) is 0. The fourth-order valence-corrected chi connectivity index (χ4v) is 3.84. The van der Waals surface area contributed by atoms with Crippen molar-refractivity contribution in [1.29, 1.82) is 0 Å². The van der Waals surface area contributed by atoms with E-state index in [1.807, 2.05) is 54.6 Å². The van der Waals surface area contributed by atoms with Gasteiger partial charge in [-0.15, -0.1) is 0 Å². The molecule has 116 valence electrons. The molecule has 0 amide bonds. The number of pyridine rings is 1. The van der Waals surface area contributed by atoms with Crippen molar-refractivity contribution >= 4 is 73.2 Å². The predicted molar refractivity (Wildman–Crippen MR) is 103 cm³/mol. The molecule has 0 saturated heterocycles. The molecule has 0 N–H and O–H groups in total. The van der Waals surface area contributed by atoms with E-state index < -0.39 is 0 Å². The summed E-state index contributed by atoms with van der Waals surface area (Å²) in [6.07, 6.45) is 0. The molecule has 0 aliphatic carbocycles. The van der Waals surface area contributed by atoms with Crippen LogP contribution in [0.15, 0.2) is 54.6 Å². The highest BCUT2D eigenvalue weighted by atomic mass is 35.5. The van der Waals surface area contributed by atoms with E-state index in [1.165, 1.54) is 0 Å². The third-order valence-corrected chi connectivity index (χ3v) is 5.03. The van der Waals surface area contributed by atoms with Gasteiger partial charge in [-0.25, -0.2) is 4.98 Å². The summed E-state index contributed by atoms with van der Waals surface area (Å²) in [4.78, 5) is 4.81. The van der Waals surface area contributed by atoms with E-state index in [0.717, 1.165) is 38.4 Å². The van der Waals surface area contributed by atoms with Crippen LogP contribution in [0.3, 0.4) is 0 Å². The Hall–Kier alpha value is -2.00. The summed E-state index contributed by atoms with van der Waals surface area (Å²) in [5.74, 6) is 0. The molecule has 0 atom stereocenters. The van der Waals surface area contributed by atoms with Gasteiger partial charge in [0.15, 0.2) is 0 Å². The topological polar surface area (TPSA) is 17.3 Å². The van der Waals surface area contributed by atoms with E-state index in [-0.39, 0.29) is 0 Å². The van der Waals surface area contributed by atoms with E-state index in [9.17, 15) is 0 Å². The van der Waals surface area contributed by atoms with Gasteiger partial charge in [0.05, 0.1) is 16.6 Å². The van der Waals surface area contributed by atoms with Gasteiger partial charge in [-0.1, -0.05) is 40.9 Å². The second-order valence-corrected chi connectivity index (χ2v) is 7.06. The number of hydrogen-bond donors (Lipinski definition) is 0. The van der Waals surface area contributed by atoms with E-state index in [4.69, 9.17) is 39.8 Å². The van der Waals surface area contributed by atoms with Crippen LogP contribution in [-0.2, 0) is 0 Å². The van der Waals surface area contributed by atoms with Crippen LogP contribution in [0.2, 0.25) is 15.1 Å². The van der Waals surface area contributed by atoms with Crippen LogP contribution in [0.1, 0.15) is 0 Å². The summed E-state index contributed by atoms with van der Waals surface area (Å²) in [5, 5.41) is 5.17. The molecule has 0 aliphatic heterocycles. The second kappa shape index (κ2) is 5.00. The molecular formula is C19H9Cl3N2. The molecule has 0 fully saturated rings. The summed E-state index contributed by atoms with van der Waals surface area (Å²) >= 11 is 18.7. The summed E-state index contributed by atoms with van der Waals surface area (Å²) in [6.45, 7) is 0. The number of benzene rings is 3. The average molecular weight is 372 g/mol. The van der Waals surface area contributed by atoms with Crippen molar-refractivity contribution in [3.8, 4) is 0 Å². The molecule has 5 rings (SSSR count). The first-order valence-corrected chi connectivity index (χ1v) is 8.53. The lowest BCUT2D eigenvalue weighted by atomic mass is 10.1. The first-order valence-electron chi connectivity index (χ1n) is 7.40. The minimum Gasteiger partial charge on any atom is -0.292 e. The Morgan fingerprint density at radius 3 is 2.12 bits per heavy atom. The van der Waals surface area contributed by atoms with Crippen molar-refractivity contribution in [2.45, 2.75) is 0 Å². The van der Waals surface area contributed by atoms with Gasteiger partial charge in [0.1, 0.15) is 5.65 Å². The molecular weight excluding hydrogens is 363 g/mol. The number of imidazole rings is 1. The first kappa shape index (κ1) is 14.4. The highest BCUT2D eigenvalue weighted by molar-refractivity contribution is 6.33. The molecule has 0 unspecified atom stereocenters. The van der Waals surface area contributed by atoms with Crippen molar-refractivity contribution in [2.24, 2.45) is 0 Å². The fourth-order valence-electron chi connectivity index (χ4n) is 3.33. The molecule has 5 heteroatoms. The van der Waals surface area contributed by atoms with Crippen LogP contribution in [0.25, 0.3) is 38.4 Å². The second-order valence-electron chi connectivity index (χ2n) is 5.76. The van der Waals surface area contributed by atoms with Crippen LogP contribution in [0.4, 0.5) is 0 Å². The highest BCUT2D eigenvalue weighted by Gasteiger charge is 2.14. The zero-order valence-corrected chi connectivity index (χ0v) is 14.5. The Morgan fingerprint density at radius 2 is 1.29 bits per heavy atom. The van der Waals surface area contributed by atoms with Crippen LogP contribution in [0.5, 0.6) is 0 Å². The fraction of sp³-hybridized carbons (Fsp3) is 0. The summed E-state index contributed by atoms with van der Waals surface area (Å²) < 4.78 is 2.12. The largest absolute Gasteiger partial charge is 0.292 e.